The summed E-state index contributed by atoms with van der Waals surface area (Å²) in [4.78, 5) is 11.3. The van der Waals surface area contributed by atoms with Crippen molar-refractivity contribution in [2.24, 2.45) is 5.92 Å². The lowest BCUT2D eigenvalue weighted by atomic mass is 10.1. The molecule has 1 fully saturated rings. The van der Waals surface area contributed by atoms with Crippen LogP contribution in [-0.4, -0.2) is 25.8 Å². The van der Waals surface area contributed by atoms with Crippen LogP contribution in [0.4, 0.5) is 0 Å². The molecule has 0 amide bonds. The number of carbonyl (C=O) groups excluding carboxylic acids is 1. The third kappa shape index (κ3) is 6.83. The van der Waals surface area contributed by atoms with Crippen molar-refractivity contribution in [2.45, 2.75) is 51.9 Å². The van der Waals surface area contributed by atoms with Crippen LogP contribution in [0, 0.1) is 5.92 Å². The minimum Gasteiger partial charge on any atom is -0.466 e. The Morgan fingerprint density at radius 3 is 2.62 bits per heavy atom. The van der Waals surface area contributed by atoms with E-state index >= 15 is 0 Å². The zero-order valence-corrected chi connectivity index (χ0v) is 10.4. The van der Waals surface area contributed by atoms with Crippen molar-refractivity contribution in [2.75, 3.05) is 19.8 Å². The Kier molecular flexibility index (Phi) is 7.23. The van der Waals surface area contributed by atoms with Crippen LogP contribution in [0.15, 0.2) is 0 Å². The van der Waals surface area contributed by atoms with Gasteiger partial charge in [0.1, 0.15) is 0 Å². The Bertz CT molecular complexity index is 192. The summed E-state index contributed by atoms with van der Waals surface area (Å²) in [6.45, 7) is 4.47. The summed E-state index contributed by atoms with van der Waals surface area (Å²) in [5, 5.41) is 0. The van der Waals surface area contributed by atoms with Crippen molar-refractivity contribution < 1.29 is 14.3 Å². The summed E-state index contributed by atoms with van der Waals surface area (Å²) in [6.07, 6.45) is 6.93. The Hall–Kier alpha value is -0.570. The molecule has 0 aromatic rings. The summed E-state index contributed by atoms with van der Waals surface area (Å²) in [6, 6.07) is 0. The zero-order valence-electron chi connectivity index (χ0n) is 10.4. The fourth-order valence-electron chi connectivity index (χ4n) is 1.80. The molecule has 1 saturated heterocycles. The normalized spacial score (nSPS) is 26.8. The molecule has 0 bridgehead atoms. The Labute approximate surface area is 98.5 Å². The molecule has 1 unspecified atom stereocenters. The molecule has 1 aliphatic rings. The molecular weight excluding hydrogens is 204 g/mol. The highest BCUT2D eigenvalue weighted by Crippen LogP contribution is 2.10. The predicted octanol–water partition coefficient (Wildman–Crippen LogP) is 2.93. The average Bonchev–Trinajstić information content (AvgIpc) is 2.26. The van der Waals surface area contributed by atoms with E-state index in [4.69, 9.17) is 9.47 Å². The van der Waals surface area contributed by atoms with Crippen LogP contribution in [-0.2, 0) is 14.3 Å². The van der Waals surface area contributed by atoms with Gasteiger partial charge in [0.15, 0.2) is 0 Å². The third-order valence-electron chi connectivity index (χ3n) is 3.05. The first kappa shape index (κ1) is 13.5. The van der Waals surface area contributed by atoms with Crippen molar-refractivity contribution in [1.82, 2.24) is 0 Å². The second-order valence-corrected chi connectivity index (χ2v) is 4.68. The standard InChI is InChI=1S/C13H24O3/c1-12-7-10-15-9-5-3-2-4-6-13(14)16-11-8-12/h12H,2-11H2,1H3. The van der Waals surface area contributed by atoms with E-state index in [0.29, 0.717) is 18.9 Å². The van der Waals surface area contributed by atoms with Crippen molar-refractivity contribution in [3.63, 3.8) is 0 Å². The summed E-state index contributed by atoms with van der Waals surface area (Å²) in [5.41, 5.74) is 0. The van der Waals surface area contributed by atoms with E-state index in [1.54, 1.807) is 0 Å². The Morgan fingerprint density at radius 1 is 1.00 bits per heavy atom. The lowest BCUT2D eigenvalue weighted by Crippen LogP contribution is -2.11. The van der Waals surface area contributed by atoms with Gasteiger partial charge in [0.2, 0.25) is 0 Å². The molecule has 0 saturated carbocycles. The summed E-state index contributed by atoms with van der Waals surface area (Å²) in [7, 11) is 0. The first-order valence-electron chi connectivity index (χ1n) is 6.52. The molecule has 0 radical (unpaired) electrons. The van der Waals surface area contributed by atoms with E-state index in [2.05, 4.69) is 6.92 Å². The quantitative estimate of drug-likeness (QED) is 0.598. The monoisotopic (exact) mass is 228 g/mol. The van der Waals surface area contributed by atoms with E-state index < -0.39 is 0 Å². The number of hydrogen-bond acceptors (Lipinski definition) is 3. The van der Waals surface area contributed by atoms with Crippen LogP contribution < -0.4 is 0 Å². The largest absolute Gasteiger partial charge is 0.466 e. The lowest BCUT2D eigenvalue weighted by Gasteiger charge is -2.13. The van der Waals surface area contributed by atoms with Gasteiger partial charge in [-0.2, -0.15) is 0 Å². The maximum atomic E-state index is 11.3. The van der Waals surface area contributed by atoms with Gasteiger partial charge in [-0.3, -0.25) is 4.79 Å². The van der Waals surface area contributed by atoms with Gasteiger partial charge in [-0.25, -0.2) is 0 Å². The number of carbonyl (C=O) groups is 1. The van der Waals surface area contributed by atoms with Crippen molar-refractivity contribution in [3.05, 3.63) is 0 Å². The van der Waals surface area contributed by atoms with Crippen LogP contribution in [0.25, 0.3) is 0 Å². The molecule has 1 heterocycles. The molecule has 0 aromatic carbocycles. The first-order valence-corrected chi connectivity index (χ1v) is 6.52. The van der Waals surface area contributed by atoms with Gasteiger partial charge >= 0.3 is 5.97 Å². The summed E-state index contributed by atoms with van der Waals surface area (Å²) < 4.78 is 10.7. The Morgan fingerprint density at radius 2 is 1.75 bits per heavy atom. The van der Waals surface area contributed by atoms with E-state index in [1.165, 1.54) is 0 Å². The van der Waals surface area contributed by atoms with E-state index in [9.17, 15) is 4.79 Å². The minimum absolute atomic E-state index is 0.0273. The van der Waals surface area contributed by atoms with E-state index in [-0.39, 0.29) is 5.97 Å². The molecule has 3 nitrogen and oxygen atoms in total. The highest BCUT2D eigenvalue weighted by atomic mass is 16.5. The van der Waals surface area contributed by atoms with Gasteiger partial charge in [-0.05, 0) is 31.6 Å². The second-order valence-electron chi connectivity index (χ2n) is 4.68. The fourth-order valence-corrected chi connectivity index (χ4v) is 1.80. The molecule has 3 heteroatoms. The molecule has 0 spiro atoms. The maximum absolute atomic E-state index is 11.3. The first-order chi connectivity index (χ1) is 7.79. The van der Waals surface area contributed by atoms with Gasteiger partial charge < -0.3 is 9.47 Å². The molecule has 0 aromatic heterocycles. The fraction of sp³-hybridized carbons (Fsp3) is 0.923. The number of cyclic esters (lactones) is 1. The van der Waals surface area contributed by atoms with Crippen molar-refractivity contribution in [3.8, 4) is 0 Å². The van der Waals surface area contributed by atoms with Crippen LogP contribution in [0.3, 0.4) is 0 Å². The van der Waals surface area contributed by atoms with E-state index in [1.807, 2.05) is 0 Å². The number of hydrogen-bond donors (Lipinski definition) is 0. The van der Waals surface area contributed by atoms with Crippen LogP contribution in [0.2, 0.25) is 0 Å². The Balaban J connectivity index is 2.22. The van der Waals surface area contributed by atoms with Crippen molar-refractivity contribution >= 4 is 5.97 Å². The molecule has 0 N–H and O–H groups in total. The number of rotatable bonds is 0. The second kappa shape index (κ2) is 8.57. The molecule has 94 valence electrons. The van der Waals surface area contributed by atoms with Gasteiger partial charge in [0.25, 0.3) is 0 Å². The van der Waals surface area contributed by atoms with Gasteiger partial charge in [0.05, 0.1) is 6.61 Å². The van der Waals surface area contributed by atoms with E-state index in [0.717, 1.165) is 51.7 Å². The molecule has 16 heavy (non-hydrogen) atoms. The highest BCUT2D eigenvalue weighted by molar-refractivity contribution is 5.69. The maximum Gasteiger partial charge on any atom is 0.305 e. The highest BCUT2D eigenvalue weighted by Gasteiger charge is 2.07. The SMILES string of the molecule is CC1CCOCCCCCCC(=O)OCC1. The molecular formula is C13H24O3. The molecule has 1 rings (SSSR count). The van der Waals surface area contributed by atoms with Crippen LogP contribution in [0.5, 0.6) is 0 Å². The summed E-state index contributed by atoms with van der Waals surface area (Å²) in [5.74, 6) is 0.552. The molecule has 0 aliphatic carbocycles. The van der Waals surface area contributed by atoms with Crippen LogP contribution >= 0.6 is 0 Å². The zero-order chi connectivity index (χ0) is 11.6. The van der Waals surface area contributed by atoms with Crippen LogP contribution in [0.1, 0.15) is 51.9 Å². The predicted molar refractivity (Wildman–Crippen MR) is 63.3 cm³/mol. The lowest BCUT2D eigenvalue weighted by molar-refractivity contribution is -0.144. The third-order valence-corrected chi connectivity index (χ3v) is 3.05. The molecule has 1 atom stereocenters. The van der Waals surface area contributed by atoms with Crippen molar-refractivity contribution in [1.29, 1.82) is 0 Å². The molecule has 1 aliphatic heterocycles. The van der Waals surface area contributed by atoms with Gasteiger partial charge in [0, 0.05) is 19.6 Å². The minimum atomic E-state index is -0.0273. The smallest absolute Gasteiger partial charge is 0.305 e. The van der Waals surface area contributed by atoms with Gasteiger partial charge in [-0.15, -0.1) is 0 Å². The number of ether oxygens (including phenoxy) is 2. The topological polar surface area (TPSA) is 35.5 Å². The summed E-state index contributed by atoms with van der Waals surface area (Å²) >= 11 is 0. The average molecular weight is 228 g/mol. The van der Waals surface area contributed by atoms with Gasteiger partial charge in [-0.1, -0.05) is 19.8 Å². The number of esters is 1.